The topological polar surface area (TPSA) is 50.4 Å². The fraction of sp³-hybridized carbons (Fsp3) is 0.364. The molecule has 148 valence electrons. The van der Waals surface area contributed by atoms with Crippen LogP contribution in [0.15, 0.2) is 42.5 Å². The van der Waals surface area contributed by atoms with Crippen molar-refractivity contribution in [3.05, 3.63) is 64.2 Å². The summed E-state index contributed by atoms with van der Waals surface area (Å²) in [5.74, 6) is -0.427. The summed E-state index contributed by atoms with van der Waals surface area (Å²) < 4.78 is 5.01. The first kappa shape index (κ1) is 20.6. The number of ether oxygens (including phenoxy) is 1. The van der Waals surface area contributed by atoms with Gasteiger partial charge in [0, 0.05) is 5.69 Å². The third-order valence-electron chi connectivity index (χ3n) is 5.19. The van der Waals surface area contributed by atoms with Crippen molar-refractivity contribution in [3.8, 4) is 0 Å². The Morgan fingerprint density at radius 3 is 2.57 bits per heavy atom. The molecule has 0 unspecified atom stereocenters. The Morgan fingerprint density at radius 2 is 1.93 bits per heavy atom. The van der Waals surface area contributed by atoms with E-state index in [0.29, 0.717) is 22.3 Å². The van der Waals surface area contributed by atoms with Crippen LogP contribution in [0.4, 0.5) is 5.69 Å². The lowest BCUT2D eigenvalue weighted by Crippen LogP contribution is -2.46. The Labute approximate surface area is 176 Å². The lowest BCUT2D eigenvalue weighted by molar-refractivity contribution is 0.0526. The zero-order valence-electron chi connectivity index (χ0n) is 16.2. The van der Waals surface area contributed by atoms with Gasteiger partial charge in [-0.1, -0.05) is 48.7 Å². The number of anilines is 1. The molecule has 4 nitrogen and oxygen atoms in total. The van der Waals surface area contributed by atoms with Crippen LogP contribution < -0.4 is 10.6 Å². The van der Waals surface area contributed by atoms with Crippen LogP contribution >= 0.6 is 23.8 Å². The summed E-state index contributed by atoms with van der Waals surface area (Å²) in [4.78, 5) is 11.9. The monoisotopic (exact) mass is 416 g/mol. The molecule has 6 heteroatoms. The van der Waals surface area contributed by atoms with Crippen LogP contribution in [-0.4, -0.2) is 17.7 Å². The van der Waals surface area contributed by atoms with Gasteiger partial charge in [-0.05, 0) is 68.2 Å². The molecular formula is C22H25ClN2O2S. The number of esters is 1. The van der Waals surface area contributed by atoms with E-state index < -0.39 is 5.97 Å². The van der Waals surface area contributed by atoms with Crippen molar-refractivity contribution in [2.45, 2.75) is 45.1 Å². The fourth-order valence-electron chi connectivity index (χ4n) is 3.90. The fourth-order valence-corrected chi connectivity index (χ4v) is 4.47. The standard InChI is InChI=1S/C22H25ClN2O2S/c1-3-27-20(26)17-11-10-16(14-19(17)23)24-21(28)25-22(12-6-7-13-22)18-9-5-4-8-15(18)2/h4-5,8-11,14H,3,6-7,12-13H2,1-2H3,(H2,24,25,28). The van der Waals surface area contributed by atoms with Crippen molar-refractivity contribution in [2.75, 3.05) is 11.9 Å². The van der Waals surface area contributed by atoms with Gasteiger partial charge in [0.25, 0.3) is 0 Å². The van der Waals surface area contributed by atoms with Gasteiger partial charge in [0.15, 0.2) is 5.11 Å². The van der Waals surface area contributed by atoms with E-state index in [1.807, 2.05) is 0 Å². The van der Waals surface area contributed by atoms with E-state index in [1.165, 1.54) is 24.0 Å². The van der Waals surface area contributed by atoms with Gasteiger partial charge in [0.05, 0.1) is 22.7 Å². The van der Waals surface area contributed by atoms with Gasteiger partial charge in [0.2, 0.25) is 0 Å². The average molecular weight is 417 g/mol. The van der Waals surface area contributed by atoms with Crippen LogP contribution in [-0.2, 0) is 10.3 Å². The molecule has 1 fully saturated rings. The highest BCUT2D eigenvalue weighted by Crippen LogP contribution is 2.40. The van der Waals surface area contributed by atoms with Gasteiger partial charge in [-0.15, -0.1) is 0 Å². The van der Waals surface area contributed by atoms with Gasteiger partial charge >= 0.3 is 5.97 Å². The van der Waals surface area contributed by atoms with E-state index in [2.05, 4.69) is 41.8 Å². The Balaban J connectivity index is 1.75. The zero-order chi connectivity index (χ0) is 20.1. The van der Waals surface area contributed by atoms with Crippen LogP contribution in [0.2, 0.25) is 5.02 Å². The molecule has 0 heterocycles. The van der Waals surface area contributed by atoms with Gasteiger partial charge in [-0.3, -0.25) is 0 Å². The van der Waals surface area contributed by atoms with Crippen molar-refractivity contribution < 1.29 is 9.53 Å². The molecule has 0 aliphatic heterocycles. The second-order valence-corrected chi connectivity index (χ2v) is 7.91. The van der Waals surface area contributed by atoms with Gasteiger partial charge in [0.1, 0.15) is 0 Å². The van der Waals surface area contributed by atoms with Crippen molar-refractivity contribution in [2.24, 2.45) is 0 Å². The SMILES string of the molecule is CCOC(=O)c1ccc(NC(=S)NC2(c3ccccc3C)CCCC2)cc1Cl. The molecule has 1 aliphatic carbocycles. The zero-order valence-corrected chi connectivity index (χ0v) is 17.8. The quantitative estimate of drug-likeness (QED) is 0.492. The normalized spacial score (nSPS) is 15.1. The number of aryl methyl sites for hydroxylation is 1. The number of halogens is 1. The highest BCUT2D eigenvalue weighted by molar-refractivity contribution is 7.80. The maximum Gasteiger partial charge on any atom is 0.339 e. The van der Waals surface area contributed by atoms with Crippen LogP contribution in [0.3, 0.4) is 0 Å². The van der Waals surface area contributed by atoms with Crippen LogP contribution in [0.1, 0.15) is 54.1 Å². The van der Waals surface area contributed by atoms with Crippen LogP contribution in [0.25, 0.3) is 0 Å². The second kappa shape index (κ2) is 8.93. The summed E-state index contributed by atoms with van der Waals surface area (Å²) >= 11 is 11.9. The van der Waals surface area contributed by atoms with E-state index >= 15 is 0 Å². The lowest BCUT2D eigenvalue weighted by Gasteiger charge is -2.34. The molecule has 1 aliphatic rings. The molecule has 2 N–H and O–H groups in total. The first-order valence-electron chi connectivity index (χ1n) is 9.57. The van der Waals surface area contributed by atoms with E-state index in [-0.39, 0.29) is 5.54 Å². The van der Waals surface area contributed by atoms with E-state index in [4.69, 9.17) is 28.6 Å². The number of rotatable bonds is 5. The second-order valence-electron chi connectivity index (χ2n) is 7.10. The molecule has 28 heavy (non-hydrogen) atoms. The Morgan fingerprint density at radius 1 is 1.21 bits per heavy atom. The molecule has 0 atom stereocenters. The molecule has 0 amide bonds. The minimum atomic E-state index is -0.427. The third-order valence-corrected chi connectivity index (χ3v) is 5.71. The molecule has 2 aromatic rings. The largest absolute Gasteiger partial charge is 0.462 e. The molecule has 0 spiro atoms. The number of carbonyl (C=O) groups excluding carboxylic acids is 1. The predicted molar refractivity (Wildman–Crippen MR) is 118 cm³/mol. The molecule has 0 radical (unpaired) electrons. The van der Waals surface area contributed by atoms with Crippen molar-refractivity contribution in [1.29, 1.82) is 0 Å². The lowest BCUT2D eigenvalue weighted by atomic mass is 9.85. The number of thiocarbonyl (C=S) groups is 1. The van der Waals surface area contributed by atoms with Crippen LogP contribution in [0, 0.1) is 6.92 Å². The van der Waals surface area contributed by atoms with Gasteiger partial charge < -0.3 is 15.4 Å². The van der Waals surface area contributed by atoms with Crippen LogP contribution in [0.5, 0.6) is 0 Å². The van der Waals surface area contributed by atoms with E-state index in [1.54, 1.807) is 25.1 Å². The van der Waals surface area contributed by atoms with E-state index in [9.17, 15) is 4.79 Å². The minimum Gasteiger partial charge on any atom is -0.462 e. The smallest absolute Gasteiger partial charge is 0.339 e. The summed E-state index contributed by atoms with van der Waals surface area (Å²) in [6.07, 6.45) is 4.43. The summed E-state index contributed by atoms with van der Waals surface area (Å²) in [6.45, 7) is 4.21. The molecule has 0 saturated heterocycles. The summed E-state index contributed by atoms with van der Waals surface area (Å²) in [7, 11) is 0. The minimum absolute atomic E-state index is 0.149. The first-order chi connectivity index (χ1) is 13.4. The Bertz CT molecular complexity index is 879. The van der Waals surface area contributed by atoms with E-state index in [0.717, 1.165) is 18.5 Å². The maximum atomic E-state index is 11.9. The number of hydrogen-bond donors (Lipinski definition) is 2. The average Bonchev–Trinajstić information content (AvgIpc) is 3.11. The molecular weight excluding hydrogens is 392 g/mol. The number of nitrogens with one attached hydrogen (secondary N) is 2. The van der Waals surface area contributed by atoms with Crippen molar-refractivity contribution in [3.63, 3.8) is 0 Å². The Hall–Kier alpha value is -2.11. The predicted octanol–water partition coefficient (Wildman–Crippen LogP) is 5.58. The van der Waals surface area contributed by atoms with Crippen molar-refractivity contribution in [1.82, 2.24) is 5.32 Å². The third kappa shape index (κ3) is 4.47. The summed E-state index contributed by atoms with van der Waals surface area (Å²) in [5, 5.41) is 7.65. The summed E-state index contributed by atoms with van der Waals surface area (Å²) in [5.41, 5.74) is 3.49. The molecule has 0 bridgehead atoms. The molecule has 2 aromatic carbocycles. The highest BCUT2D eigenvalue weighted by atomic mass is 35.5. The number of benzene rings is 2. The maximum absolute atomic E-state index is 11.9. The molecule has 1 saturated carbocycles. The molecule has 3 rings (SSSR count). The van der Waals surface area contributed by atoms with Crippen molar-refractivity contribution >= 4 is 40.6 Å². The van der Waals surface area contributed by atoms with Gasteiger partial charge in [-0.25, -0.2) is 4.79 Å². The van der Waals surface area contributed by atoms with Gasteiger partial charge in [-0.2, -0.15) is 0 Å². The Kier molecular flexibility index (Phi) is 6.57. The first-order valence-corrected chi connectivity index (χ1v) is 10.4. The number of carbonyl (C=O) groups is 1. The number of hydrogen-bond acceptors (Lipinski definition) is 3. The summed E-state index contributed by atoms with van der Waals surface area (Å²) in [6, 6.07) is 13.6. The highest BCUT2D eigenvalue weighted by Gasteiger charge is 2.37. The molecule has 0 aromatic heterocycles.